The first-order valence-corrected chi connectivity index (χ1v) is 7.47. The largest absolute Gasteiger partial charge is 0.481 e. The lowest BCUT2D eigenvalue weighted by molar-refractivity contribution is -0.138. The molecule has 1 aromatic rings. The molecule has 0 heterocycles. The van der Waals surface area contributed by atoms with Gasteiger partial charge in [0.25, 0.3) is 0 Å². The Morgan fingerprint density at radius 2 is 2.05 bits per heavy atom. The third-order valence-corrected chi connectivity index (χ3v) is 3.88. The van der Waals surface area contributed by atoms with Gasteiger partial charge in [-0.05, 0) is 24.1 Å². The Bertz CT molecular complexity index is 511. The van der Waals surface area contributed by atoms with Crippen molar-refractivity contribution >= 4 is 23.6 Å². The number of benzene rings is 1. The summed E-state index contributed by atoms with van der Waals surface area (Å²) in [6, 6.07) is 3.44. The van der Waals surface area contributed by atoms with Gasteiger partial charge in [-0.25, -0.2) is 8.78 Å². The summed E-state index contributed by atoms with van der Waals surface area (Å²) < 4.78 is 25.7. The summed E-state index contributed by atoms with van der Waals surface area (Å²) in [5, 5.41) is 11.3. The molecule has 0 saturated carbocycles. The van der Waals surface area contributed by atoms with Gasteiger partial charge in [0.15, 0.2) is 11.6 Å². The number of nitrogens with one attached hydrogen (secondary N) is 1. The highest BCUT2D eigenvalue weighted by molar-refractivity contribution is 8.00. The van der Waals surface area contributed by atoms with E-state index < -0.39 is 17.6 Å². The third-order valence-electron chi connectivity index (χ3n) is 2.89. The smallest absolute Gasteiger partial charge is 0.303 e. The van der Waals surface area contributed by atoms with Crippen molar-refractivity contribution in [2.24, 2.45) is 5.92 Å². The predicted molar refractivity (Wildman–Crippen MR) is 76.1 cm³/mol. The number of hydrogen-bond acceptors (Lipinski definition) is 3. The van der Waals surface area contributed by atoms with Crippen LogP contribution in [0.4, 0.5) is 8.78 Å². The van der Waals surface area contributed by atoms with Crippen LogP contribution in [0.3, 0.4) is 0 Å². The molecule has 0 aliphatic carbocycles. The van der Waals surface area contributed by atoms with E-state index in [0.29, 0.717) is 17.9 Å². The van der Waals surface area contributed by atoms with Crippen LogP contribution in [0.2, 0.25) is 0 Å². The molecule has 0 bridgehead atoms. The molecule has 1 rings (SSSR count). The molecular weight excluding hydrogens is 300 g/mol. The average Bonchev–Trinajstić information content (AvgIpc) is 2.44. The maximum atomic E-state index is 13.0. The minimum atomic E-state index is -0.951. The molecule has 1 amide bonds. The van der Waals surface area contributed by atoms with Crippen molar-refractivity contribution in [3.05, 3.63) is 29.8 Å². The number of rotatable bonds is 8. The molecule has 21 heavy (non-hydrogen) atoms. The second-order valence-corrected chi connectivity index (χ2v) is 5.59. The normalized spacial score (nSPS) is 12.0. The molecule has 0 aromatic heterocycles. The van der Waals surface area contributed by atoms with Crippen molar-refractivity contribution < 1.29 is 23.5 Å². The first-order chi connectivity index (χ1) is 9.92. The summed E-state index contributed by atoms with van der Waals surface area (Å²) in [6.07, 6.45) is 0.663. The van der Waals surface area contributed by atoms with Crippen LogP contribution in [-0.4, -0.2) is 29.3 Å². The van der Waals surface area contributed by atoms with E-state index in [1.807, 2.05) is 6.92 Å². The van der Waals surface area contributed by atoms with Gasteiger partial charge in [0.05, 0.1) is 5.75 Å². The van der Waals surface area contributed by atoms with Crippen molar-refractivity contribution in [3.63, 3.8) is 0 Å². The van der Waals surface area contributed by atoms with E-state index in [9.17, 15) is 18.4 Å². The van der Waals surface area contributed by atoms with E-state index in [0.717, 1.165) is 23.9 Å². The van der Waals surface area contributed by atoms with Crippen molar-refractivity contribution in [1.82, 2.24) is 5.32 Å². The van der Waals surface area contributed by atoms with Gasteiger partial charge in [0.2, 0.25) is 5.91 Å². The summed E-state index contributed by atoms with van der Waals surface area (Å²) in [7, 11) is 0. The lowest BCUT2D eigenvalue weighted by Crippen LogP contribution is -2.31. The fraction of sp³-hybridized carbons (Fsp3) is 0.429. The fourth-order valence-corrected chi connectivity index (χ4v) is 2.38. The Morgan fingerprint density at radius 3 is 2.62 bits per heavy atom. The maximum Gasteiger partial charge on any atom is 0.303 e. The van der Waals surface area contributed by atoms with Gasteiger partial charge in [-0.1, -0.05) is 13.3 Å². The number of carbonyl (C=O) groups is 2. The van der Waals surface area contributed by atoms with E-state index >= 15 is 0 Å². The summed E-state index contributed by atoms with van der Waals surface area (Å²) in [4.78, 5) is 22.7. The molecule has 0 aliphatic rings. The Hall–Kier alpha value is -1.63. The van der Waals surface area contributed by atoms with Crippen LogP contribution in [-0.2, 0) is 9.59 Å². The number of carboxylic acids is 1. The number of amides is 1. The Kier molecular flexibility index (Phi) is 7.14. The first-order valence-electron chi connectivity index (χ1n) is 6.48. The Morgan fingerprint density at radius 1 is 1.33 bits per heavy atom. The monoisotopic (exact) mass is 317 g/mol. The van der Waals surface area contributed by atoms with Crippen molar-refractivity contribution in [1.29, 1.82) is 0 Å². The lowest BCUT2D eigenvalue weighted by Gasteiger charge is -2.13. The zero-order valence-electron chi connectivity index (χ0n) is 11.6. The Labute approximate surface area is 125 Å². The molecule has 4 nitrogen and oxygen atoms in total. The number of aliphatic carboxylic acids is 1. The first kappa shape index (κ1) is 17.4. The van der Waals surface area contributed by atoms with Gasteiger partial charge in [0, 0.05) is 17.9 Å². The second kappa shape index (κ2) is 8.61. The molecule has 1 aromatic carbocycles. The van der Waals surface area contributed by atoms with Gasteiger partial charge in [-0.2, -0.15) is 0 Å². The zero-order chi connectivity index (χ0) is 15.8. The zero-order valence-corrected chi connectivity index (χ0v) is 12.4. The minimum absolute atomic E-state index is 0.00704. The molecule has 2 N–H and O–H groups in total. The Balaban J connectivity index is 2.36. The van der Waals surface area contributed by atoms with Gasteiger partial charge in [-0.3, -0.25) is 9.59 Å². The molecule has 7 heteroatoms. The highest BCUT2D eigenvalue weighted by atomic mass is 32.2. The summed E-state index contributed by atoms with van der Waals surface area (Å²) in [6.45, 7) is 2.15. The number of halogens is 2. The van der Waals surface area contributed by atoms with Gasteiger partial charge >= 0.3 is 5.97 Å². The van der Waals surface area contributed by atoms with Crippen molar-refractivity contribution in [3.8, 4) is 0 Å². The molecule has 0 spiro atoms. The van der Waals surface area contributed by atoms with E-state index in [-0.39, 0.29) is 24.0 Å². The predicted octanol–water partition coefficient (Wildman–Crippen LogP) is 2.67. The quantitative estimate of drug-likeness (QED) is 0.724. The fourth-order valence-electron chi connectivity index (χ4n) is 1.63. The van der Waals surface area contributed by atoms with Crippen LogP contribution in [0.5, 0.6) is 0 Å². The highest BCUT2D eigenvalue weighted by Crippen LogP contribution is 2.20. The molecule has 1 atom stereocenters. The van der Waals surface area contributed by atoms with Crippen molar-refractivity contribution in [2.75, 3.05) is 12.3 Å². The highest BCUT2D eigenvalue weighted by Gasteiger charge is 2.13. The molecule has 0 saturated heterocycles. The lowest BCUT2D eigenvalue weighted by atomic mass is 10.0. The van der Waals surface area contributed by atoms with E-state index in [1.165, 1.54) is 6.07 Å². The van der Waals surface area contributed by atoms with E-state index in [1.54, 1.807) is 0 Å². The topological polar surface area (TPSA) is 66.4 Å². The van der Waals surface area contributed by atoms with Gasteiger partial charge < -0.3 is 10.4 Å². The maximum absolute atomic E-state index is 13.0. The summed E-state index contributed by atoms with van der Waals surface area (Å²) >= 11 is 1.09. The van der Waals surface area contributed by atoms with E-state index in [4.69, 9.17) is 5.11 Å². The molecular formula is C14H17F2NO3S. The number of thioether (sulfide) groups is 1. The summed E-state index contributed by atoms with van der Waals surface area (Å²) in [5.41, 5.74) is 0. The van der Waals surface area contributed by atoms with Crippen LogP contribution in [0.1, 0.15) is 19.8 Å². The molecule has 0 aliphatic heterocycles. The third kappa shape index (κ3) is 6.57. The second-order valence-electron chi connectivity index (χ2n) is 4.54. The van der Waals surface area contributed by atoms with Crippen LogP contribution < -0.4 is 5.32 Å². The minimum Gasteiger partial charge on any atom is -0.481 e. The van der Waals surface area contributed by atoms with Crippen LogP contribution in [0.25, 0.3) is 0 Å². The molecule has 1 unspecified atom stereocenters. The molecule has 0 radical (unpaired) electrons. The van der Waals surface area contributed by atoms with E-state index in [2.05, 4.69) is 5.32 Å². The van der Waals surface area contributed by atoms with Gasteiger partial charge in [-0.15, -0.1) is 11.8 Å². The van der Waals surface area contributed by atoms with Crippen LogP contribution in [0, 0.1) is 17.6 Å². The van der Waals surface area contributed by atoms with Gasteiger partial charge in [0.1, 0.15) is 0 Å². The average molecular weight is 317 g/mol. The molecule has 0 fully saturated rings. The summed E-state index contributed by atoms with van der Waals surface area (Å²) in [5.74, 6) is -3.09. The number of hydrogen-bond donors (Lipinski definition) is 2. The SMILES string of the molecule is CCC(CNC(=O)CSc1ccc(F)c(F)c1)CC(=O)O. The van der Waals surface area contributed by atoms with Crippen LogP contribution >= 0.6 is 11.8 Å². The van der Waals surface area contributed by atoms with Crippen LogP contribution in [0.15, 0.2) is 23.1 Å². The molecule has 116 valence electrons. The number of carboxylic acid groups (broad SMARTS) is 1. The number of carbonyl (C=O) groups excluding carboxylic acids is 1. The van der Waals surface area contributed by atoms with Crippen molar-refractivity contribution in [2.45, 2.75) is 24.7 Å². The standard InChI is InChI=1S/C14H17F2NO3S/c1-2-9(5-14(19)20)7-17-13(18)8-21-10-3-4-11(15)12(16)6-10/h3-4,6,9H,2,5,7-8H2,1H3,(H,17,18)(H,19,20).